The molecule has 0 aromatic carbocycles. The van der Waals surface area contributed by atoms with E-state index in [0.717, 1.165) is 29.7 Å². The number of piperidine rings is 1. The number of nitrogens with zero attached hydrogens (tertiary/aromatic N) is 2. The summed E-state index contributed by atoms with van der Waals surface area (Å²) in [5.41, 5.74) is 1.12. The highest BCUT2D eigenvalue weighted by Gasteiger charge is 2.54. The summed E-state index contributed by atoms with van der Waals surface area (Å²) in [4.78, 5) is 6.69. The number of hydrogen-bond acceptors (Lipinski definition) is 4. The third-order valence-electron chi connectivity index (χ3n) is 4.14. The zero-order chi connectivity index (χ0) is 12.7. The van der Waals surface area contributed by atoms with Gasteiger partial charge in [-0.15, -0.1) is 0 Å². The Labute approximate surface area is 115 Å². The summed E-state index contributed by atoms with van der Waals surface area (Å²) in [5, 5.41) is 9.15. The summed E-state index contributed by atoms with van der Waals surface area (Å²) in [7, 11) is 1.66. The molecule has 98 valence electrons. The molecule has 0 radical (unpaired) electrons. The van der Waals surface area contributed by atoms with E-state index in [4.69, 9.17) is 9.84 Å². The first-order valence-electron chi connectivity index (χ1n) is 6.24. The van der Waals surface area contributed by atoms with E-state index in [1.54, 1.807) is 13.3 Å². The van der Waals surface area contributed by atoms with Crippen molar-refractivity contribution in [3.8, 4) is 5.88 Å². The van der Waals surface area contributed by atoms with Crippen molar-refractivity contribution in [2.75, 3.05) is 26.8 Å². The molecule has 1 saturated carbocycles. The molecule has 2 aliphatic rings. The molecule has 1 aromatic heterocycles. The molecular formula is C13H17BrN2O2. The minimum Gasteiger partial charge on any atom is -0.481 e. The maximum Gasteiger partial charge on any atom is 0.217 e. The fourth-order valence-electron chi connectivity index (χ4n) is 3.14. The number of halogens is 1. The van der Waals surface area contributed by atoms with Crippen molar-refractivity contribution in [3.63, 3.8) is 0 Å². The van der Waals surface area contributed by atoms with Crippen LogP contribution in [0.25, 0.3) is 0 Å². The van der Waals surface area contributed by atoms with Gasteiger partial charge in [-0.1, -0.05) is 0 Å². The average molecular weight is 313 g/mol. The summed E-state index contributed by atoms with van der Waals surface area (Å²) < 4.78 is 6.27. The van der Waals surface area contributed by atoms with Crippen LogP contribution in [0.15, 0.2) is 16.7 Å². The summed E-state index contributed by atoms with van der Waals surface area (Å²) in [6.07, 6.45) is 1.76. The number of methoxy groups -OCH3 is 1. The number of fused-ring (bicyclic) bond motifs is 1. The van der Waals surface area contributed by atoms with Gasteiger partial charge in [0, 0.05) is 42.5 Å². The lowest BCUT2D eigenvalue weighted by atomic mass is 10.2. The fraction of sp³-hybridized carbons (Fsp3) is 0.615. The number of likely N-dealkylation sites (tertiary alicyclic amines) is 1. The number of aliphatic hydroxyl groups is 1. The third kappa shape index (κ3) is 2.15. The Kier molecular flexibility index (Phi) is 3.30. The van der Waals surface area contributed by atoms with E-state index in [2.05, 4.69) is 31.9 Å². The van der Waals surface area contributed by atoms with Gasteiger partial charge in [0.05, 0.1) is 7.11 Å². The molecule has 1 aliphatic carbocycles. The molecule has 3 rings (SSSR count). The summed E-state index contributed by atoms with van der Waals surface area (Å²) in [6.45, 7) is 3.41. The van der Waals surface area contributed by atoms with Gasteiger partial charge < -0.3 is 9.84 Å². The van der Waals surface area contributed by atoms with Gasteiger partial charge in [-0.25, -0.2) is 4.98 Å². The predicted octanol–water partition coefficient (Wildman–Crippen LogP) is 1.52. The van der Waals surface area contributed by atoms with Crippen molar-refractivity contribution in [3.05, 3.63) is 22.3 Å². The molecule has 0 amide bonds. The standard InChI is InChI=1S/C13H17BrN2O2/c1-18-13-8(2-9(14)3-15-13)4-16-5-10-11(6-16)12(10)7-17/h2-3,10-12,17H,4-7H2,1H3/t10-,11+,12?. The lowest BCUT2D eigenvalue weighted by molar-refractivity contribution is 0.216. The molecule has 2 heterocycles. The van der Waals surface area contributed by atoms with Crippen LogP contribution in [0.5, 0.6) is 5.88 Å². The van der Waals surface area contributed by atoms with Gasteiger partial charge in [-0.05, 0) is 39.8 Å². The van der Waals surface area contributed by atoms with Crippen LogP contribution in [0.4, 0.5) is 0 Å². The average Bonchev–Trinajstić information content (AvgIpc) is 2.84. The topological polar surface area (TPSA) is 45.6 Å². The Morgan fingerprint density at radius 3 is 2.83 bits per heavy atom. The van der Waals surface area contributed by atoms with Crippen LogP contribution < -0.4 is 4.74 Å². The van der Waals surface area contributed by atoms with Gasteiger partial charge in [-0.2, -0.15) is 0 Å². The van der Waals surface area contributed by atoms with Gasteiger partial charge in [-0.3, -0.25) is 4.90 Å². The molecule has 1 aliphatic heterocycles. The fourth-order valence-corrected chi connectivity index (χ4v) is 3.52. The van der Waals surface area contributed by atoms with Crippen LogP contribution >= 0.6 is 15.9 Å². The maximum absolute atomic E-state index is 9.15. The monoisotopic (exact) mass is 312 g/mol. The molecule has 5 heteroatoms. The Morgan fingerprint density at radius 2 is 2.22 bits per heavy atom. The smallest absolute Gasteiger partial charge is 0.217 e. The number of hydrogen-bond donors (Lipinski definition) is 1. The number of ether oxygens (including phenoxy) is 1. The summed E-state index contributed by atoms with van der Waals surface area (Å²) in [6, 6.07) is 2.07. The molecule has 4 nitrogen and oxygen atoms in total. The van der Waals surface area contributed by atoms with E-state index in [1.807, 2.05) is 0 Å². The molecule has 0 bridgehead atoms. The molecule has 1 unspecified atom stereocenters. The lowest BCUT2D eigenvalue weighted by Crippen LogP contribution is -2.25. The van der Waals surface area contributed by atoms with E-state index in [-0.39, 0.29) is 0 Å². The minimum atomic E-state index is 0.352. The molecule has 2 fully saturated rings. The van der Waals surface area contributed by atoms with E-state index in [9.17, 15) is 0 Å². The van der Waals surface area contributed by atoms with Crippen molar-refractivity contribution in [1.29, 1.82) is 0 Å². The van der Waals surface area contributed by atoms with Gasteiger partial charge in [0.1, 0.15) is 0 Å². The number of aromatic nitrogens is 1. The molecule has 1 aromatic rings. The van der Waals surface area contributed by atoms with Crippen LogP contribution in [0.3, 0.4) is 0 Å². The minimum absolute atomic E-state index is 0.352. The second kappa shape index (κ2) is 4.79. The highest BCUT2D eigenvalue weighted by molar-refractivity contribution is 9.10. The van der Waals surface area contributed by atoms with E-state index in [1.165, 1.54) is 0 Å². The molecule has 1 N–H and O–H groups in total. The highest BCUT2D eigenvalue weighted by Crippen LogP contribution is 2.51. The second-order valence-corrected chi connectivity index (χ2v) is 6.11. The van der Waals surface area contributed by atoms with Crippen LogP contribution in [0, 0.1) is 17.8 Å². The lowest BCUT2D eigenvalue weighted by Gasteiger charge is -2.20. The van der Waals surface area contributed by atoms with Gasteiger partial charge >= 0.3 is 0 Å². The van der Waals surface area contributed by atoms with Crippen LogP contribution in [0.1, 0.15) is 5.56 Å². The second-order valence-electron chi connectivity index (χ2n) is 5.19. The van der Waals surface area contributed by atoms with Crippen LogP contribution in [-0.2, 0) is 6.54 Å². The summed E-state index contributed by atoms with van der Waals surface area (Å²) in [5.74, 6) is 2.68. The number of aliphatic hydroxyl groups excluding tert-OH is 1. The Morgan fingerprint density at radius 1 is 1.50 bits per heavy atom. The highest BCUT2D eigenvalue weighted by atomic mass is 79.9. The van der Waals surface area contributed by atoms with Gasteiger partial charge in [0.15, 0.2) is 0 Å². The SMILES string of the molecule is COc1ncc(Br)cc1CN1C[C@@H]2C(CO)[C@@H]2C1. The largest absolute Gasteiger partial charge is 0.481 e. The van der Waals surface area contributed by atoms with Crippen LogP contribution in [0.2, 0.25) is 0 Å². The number of pyridine rings is 1. The van der Waals surface area contributed by atoms with E-state index < -0.39 is 0 Å². The number of rotatable bonds is 4. The molecule has 0 spiro atoms. The zero-order valence-corrected chi connectivity index (χ0v) is 11.9. The van der Waals surface area contributed by atoms with E-state index >= 15 is 0 Å². The first kappa shape index (κ1) is 12.4. The Bertz CT molecular complexity index is 443. The molecule has 1 saturated heterocycles. The first-order chi connectivity index (χ1) is 8.72. The molecule has 18 heavy (non-hydrogen) atoms. The van der Waals surface area contributed by atoms with Crippen molar-refractivity contribution >= 4 is 15.9 Å². The Hall–Kier alpha value is -0.650. The van der Waals surface area contributed by atoms with Crippen molar-refractivity contribution in [2.24, 2.45) is 17.8 Å². The summed E-state index contributed by atoms with van der Waals surface area (Å²) >= 11 is 3.45. The molecular weight excluding hydrogens is 296 g/mol. The third-order valence-corrected chi connectivity index (χ3v) is 4.57. The van der Waals surface area contributed by atoms with Crippen LogP contribution in [-0.4, -0.2) is 41.8 Å². The normalized spacial score (nSPS) is 30.3. The molecule has 3 atom stereocenters. The van der Waals surface area contributed by atoms with Crippen molar-refractivity contribution in [2.45, 2.75) is 6.54 Å². The van der Waals surface area contributed by atoms with Crippen molar-refractivity contribution in [1.82, 2.24) is 9.88 Å². The van der Waals surface area contributed by atoms with E-state index in [0.29, 0.717) is 30.2 Å². The van der Waals surface area contributed by atoms with Crippen molar-refractivity contribution < 1.29 is 9.84 Å². The Balaban J connectivity index is 1.66. The van der Waals surface area contributed by atoms with Gasteiger partial charge in [0.2, 0.25) is 5.88 Å². The first-order valence-corrected chi connectivity index (χ1v) is 7.04. The van der Waals surface area contributed by atoms with Gasteiger partial charge in [0.25, 0.3) is 0 Å². The predicted molar refractivity (Wildman–Crippen MR) is 71.3 cm³/mol. The maximum atomic E-state index is 9.15. The quantitative estimate of drug-likeness (QED) is 0.915. The zero-order valence-electron chi connectivity index (χ0n) is 10.3.